The fourth-order valence-corrected chi connectivity index (χ4v) is 3.64. The van der Waals surface area contributed by atoms with E-state index in [-0.39, 0.29) is 6.10 Å². The van der Waals surface area contributed by atoms with Gasteiger partial charge in [-0.15, -0.1) is 5.10 Å². The lowest BCUT2D eigenvalue weighted by atomic mass is 9.93. The van der Waals surface area contributed by atoms with Gasteiger partial charge in [0.1, 0.15) is 5.82 Å². The third kappa shape index (κ3) is 2.60. The van der Waals surface area contributed by atoms with Gasteiger partial charge in [0.15, 0.2) is 5.65 Å². The normalized spacial score (nSPS) is 22.0. The highest BCUT2D eigenvalue weighted by atomic mass is 32.1. The number of hydrogen-bond donors (Lipinski definition) is 2. The molecule has 4 rings (SSSR count). The van der Waals surface area contributed by atoms with Crippen molar-refractivity contribution in [2.45, 2.75) is 37.8 Å². The number of thiophene rings is 1. The molecule has 1 saturated carbocycles. The molecular formula is C16H18N4OS. The van der Waals surface area contributed by atoms with Crippen molar-refractivity contribution in [1.82, 2.24) is 14.6 Å². The van der Waals surface area contributed by atoms with Gasteiger partial charge < -0.3 is 10.4 Å². The molecular weight excluding hydrogens is 296 g/mol. The quantitative estimate of drug-likeness (QED) is 0.779. The van der Waals surface area contributed by atoms with E-state index in [1.807, 2.05) is 22.8 Å². The Balaban J connectivity index is 1.61. The summed E-state index contributed by atoms with van der Waals surface area (Å²) < 4.78 is 1.89. The van der Waals surface area contributed by atoms with Gasteiger partial charge in [0.05, 0.1) is 18.0 Å². The van der Waals surface area contributed by atoms with Gasteiger partial charge in [-0.3, -0.25) is 0 Å². The van der Waals surface area contributed by atoms with Crippen molar-refractivity contribution in [1.29, 1.82) is 0 Å². The zero-order valence-electron chi connectivity index (χ0n) is 12.1. The summed E-state index contributed by atoms with van der Waals surface area (Å²) in [6, 6.07) is 6.44. The van der Waals surface area contributed by atoms with Crippen LogP contribution in [0.5, 0.6) is 0 Å². The number of nitrogens with zero attached hydrogens (tertiary/aromatic N) is 3. The maximum Gasteiger partial charge on any atom is 0.154 e. The largest absolute Gasteiger partial charge is 0.393 e. The predicted molar refractivity (Wildman–Crippen MR) is 88.2 cm³/mol. The first-order chi connectivity index (χ1) is 10.8. The number of nitrogens with one attached hydrogen (secondary N) is 1. The van der Waals surface area contributed by atoms with E-state index in [0.717, 1.165) is 48.4 Å². The first kappa shape index (κ1) is 13.7. The number of rotatable bonds is 3. The van der Waals surface area contributed by atoms with Crippen molar-refractivity contribution < 1.29 is 5.11 Å². The lowest BCUT2D eigenvalue weighted by Crippen LogP contribution is -2.28. The Kier molecular flexibility index (Phi) is 3.56. The summed E-state index contributed by atoms with van der Waals surface area (Å²) in [5.74, 6) is 0.864. The summed E-state index contributed by atoms with van der Waals surface area (Å²) in [7, 11) is 0. The van der Waals surface area contributed by atoms with Crippen molar-refractivity contribution in [3.63, 3.8) is 0 Å². The van der Waals surface area contributed by atoms with E-state index in [1.54, 1.807) is 11.3 Å². The molecule has 6 heteroatoms. The minimum Gasteiger partial charge on any atom is -0.393 e. The van der Waals surface area contributed by atoms with Crippen LogP contribution in [-0.2, 0) is 0 Å². The highest BCUT2D eigenvalue weighted by molar-refractivity contribution is 7.08. The molecule has 0 bridgehead atoms. The number of imidazole rings is 1. The predicted octanol–water partition coefficient (Wildman–Crippen LogP) is 3.17. The van der Waals surface area contributed by atoms with Crippen LogP contribution >= 0.6 is 11.3 Å². The third-order valence-electron chi connectivity index (χ3n) is 4.23. The standard InChI is InChI=1S/C16H18N4OS/c21-13-3-1-12(2-4-13)18-15-5-6-16-17-9-14(20(16)19-15)11-7-8-22-10-11/h5-10,12-13,21H,1-4H2,(H,18,19). The van der Waals surface area contributed by atoms with Crippen LogP contribution in [0.2, 0.25) is 0 Å². The Bertz CT molecular complexity index is 760. The number of fused-ring (bicyclic) bond motifs is 1. The monoisotopic (exact) mass is 314 g/mol. The molecule has 1 aliphatic carbocycles. The zero-order chi connectivity index (χ0) is 14.9. The Morgan fingerprint density at radius 1 is 1.18 bits per heavy atom. The average Bonchev–Trinajstić information content (AvgIpc) is 3.18. The SMILES string of the molecule is OC1CCC(Nc2ccc3ncc(-c4ccsc4)n3n2)CC1. The molecule has 114 valence electrons. The molecule has 1 fully saturated rings. The molecule has 0 aliphatic heterocycles. The first-order valence-corrected chi connectivity index (χ1v) is 8.56. The topological polar surface area (TPSA) is 62.5 Å². The zero-order valence-corrected chi connectivity index (χ0v) is 13.0. The molecule has 1 aliphatic rings. The molecule has 22 heavy (non-hydrogen) atoms. The summed E-state index contributed by atoms with van der Waals surface area (Å²) in [4.78, 5) is 4.42. The minimum absolute atomic E-state index is 0.132. The fraction of sp³-hybridized carbons (Fsp3) is 0.375. The van der Waals surface area contributed by atoms with Crippen LogP contribution in [0.1, 0.15) is 25.7 Å². The molecule has 0 radical (unpaired) electrons. The van der Waals surface area contributed by atoms with E-state index in [1.165, 1.54) is 0 Å². The first-order valence-electron chi connectivity index (χ1n) is 7.61. The van der Waals surface area contributed by atoms with Gasteiger partial charge >= 0.3 is 0 Å². The van der Waals surface area contributed by atoms with E-state index in [0.29, 0.717) is 6.04 Å². The summed E-state index contributed by atoms with van der Waals surface area (Å²) in [5, 5.41) is 21.9. The van der Waals surface area contributed by atoms with Crippen molar-refractivity contribution >= 4 is 22.8 Å². The van der Waals surface area contributed by atoms with Crippen LogP contribution in [0.15, 0.2) is 35.2 Å². The summed E-state index contributed by atoms with van der Waals surface area (Å²) >= 11 is 1.67. The van der Waals surface area contributed by atoms with Crippen LogP contribution in [0.3, 0.4) is 0 Å². The maximum absolute atomic E-state index is 9.59. The number of aromatic nitrogens is 3. The second-order valence-corrected chi connectivity index (χ2v) is 6.57. The summed E-state index contributed by atoms with van der Waals surface area (Å²) in [5.41, 5.74) is 3.01. The van der Waals surface area contributed by atoms with Gasteiger partial charge in [-0.2, -0.15) is 11.3 Å². The summed E-state index contributed by atoms with van der Waals surface area (Å²) in [6.45, 7) is 0. The molecule has 0 aromatic carbocycles. The smallest absolute Gasteiger partial charge is 0.154 e. The Morgan fingerprint density at radius 3 is 2.82 bits per heavy atom. The maximum atomic E-state index is 9.59. The van der Waals surface area contributed by atoms with Crippen molar-refractivity contribution in [2.75, 3.05) is 5.32 Å². The molecule has 0 amide bonds. The van der Waals surface area contributed by atoms with Gasteiger partial charge in [-0.05, 0) is 49.3 Å². The van der Waals surface area contributed by atoms with E-state index in [9.17, 15) is 5.11 Å². The molecule has 5 nitrogen and oxygen atoms in total. The van der Waals surface area contributed by atoms with Gasteiger partial charge in [0, 0.05) is 17.0 Å². The Morgan fingerprint density at radius 2 is 2.05 bits per heavy atom. The van der Waals surface area contributed by atoms with Crippen molar-refractivity contribution in [3.8, 4) is 11.3 Å². The highest BCUT2D eigenvalue weighted by Gasteiger charge is 2.19. The number of hydrogen-bond acceptors (Lipinski definition) is 5. The minimum atomic E-state index is -0.132. The van der Waals surface area contributed by atoms with Gasteiger partial charge in [-0.1, -0.05) is 0 Å². The number of aliphatic hydroxyl groups is 1. The fourth-order valence-electron chi connectivity index (χ4n) is 2.99. The van der Waals surface area contributed by atoms with Gasteiger partial charge in [0.2, 0.25) is 0 Å². The molecule has 0 unspecified atom stereocenters. The van der Waals surface area contributed by atoms with E-state index >= 15 is 0 Å². The van der Waals surface area contributed by atoms with Crippen LogP contribution in [0.25, 0.3) is 16.9 Å². The third-order valence-corrected chi connectivity index (χ3v) is 4.91. The average molecular weight is 314 g/mol. The molecule has 0 spiro atoms. The second-order valence-electron chi connectivity index (χ2n) is 5.79. The van der Waals surface area contributed by atoms with E-state index in [2.05, 4.69) is 32.2 Å². The Hall–Kier alpha value is -1.92. The van der Waals surface area contributed by atoms with E-state index in [4.69, 9.17) is 0 Å². The number of aliphatic hydroxyl groups excluding tert-OH is 1. The number of anilines is 1. The van der Waals surface area contributed by atoms with Crippen LogP contribution in [-0.4, -0.2) is 31.9 Å². The summed E-state index contributed by atoms with van der Waals surface area (Å²) in [6.07, 6.45) is 5.44. The van der Waals surface area contributed by atoms with Crippen LogP contribution < -0.4 is 5.32 Å². The Labute approximate surface area is 132 Å². The lowest BCUT2D eigenvalue weighted by Gasteiger charge is -2.26. The molecule has 0 saturated heterocycles. The highest BCUT2D eigenvalue weighted by Crippen LogP contribution is 2.24. The molecule has 2 N–H and O–H groups in total. The molecule has 3 heterocycles. The van der Waals surface area contributed by atoms with Gasteiger partial charge in [0.25, 0.3) is 0 Å². The second kappa shape index (κ2) is 5.70. The van der Waals surface area contributed by atoms with Gasteiger partial charge in [-0.25, -0.2) is 9.50 Å². The van der Waals surface area contributed by atoms with E-state index < -0.39 is 0 Å². The molecule has 3 aromatic rings. The van der Waals surface area contributed by atoms with Crippen molar-refractivity contribution in [2.24, 2.45) is 0 Å². The van der Waals surface area contributed by atoms with Crippen molar-refractivity contribution in [3.05, 3.63) is 35.2 Å². The van der Waals surface area contributed by atoms with Crippen LogP contribution in [0, 0.1) is 0 Å². The van der Waals surface area contributed by atoms with Crippen LogP contribution in [0.4, 0.5) is 5.82 Å². The molecule has 3 aromatic heterocycles. The molecule has 0 atom stereocenters. The lowest BCUT2D eigenvalue weighted by molar-refractivity contribution is 0.126.